The Morgan fingerprint density at radius 3 is 2.52 bits per heavy atom. The molecule has 1 aliphatic carbocycles. The second-order valence-electron chi connectivity index (χ2n) is 6.35. The van der Waals surface area contributed by atoms with Crippen LogP contribution in [0.5, 0.6) is 0 Å². The number of carbonyl (C=O) groups is 1. The number of urea groups is 1. The highest BCUT2D eigenvalue weighted by Gasteiger charge is 2.37. The molecule has 118 valence electrons. The molecule has 0 spiro atoms. The van der Waals surface area contributed by atoms with Crippen molar-refractivity contribution >= 4 is 17.4 Å². The Kier molecular flexibility index (Phi) is 5.27. The Labute approximate surface area is 131 Å². The van der Waals surface area contributed by atoms with Gasteiger partial charge in [-0.05, 0) is 45.7 Å². The summed E-state index contributed by atoms with van der Waals surface area (Å²) in [5.74, 6) is 0. The topological polar surface area (TPSA) is 61.4 Å². The van der Waals surface area contributed by atoms with Gasteiger partial charge in [-0.3, -0.25) is 0 Å². The van der Waals surface area contributed by atoms with Gasteiger partial charge in [0.05, 0.1) is 6.10 Å². The number of aliphatic hydroxyl groups is 1. The highest BCUT2D eigenvalue weighted by atomic mass is 32.1. The van der Waals surface area contributed by atoms with E-state index in [0.29, 0.717) is 6.54 Å². The van der Waals surface area contributed by atoms with Gasteiger partial charge >= 0.3 is 6.03 Å². The highest BCUT2D eigenvalue weighted by molar-refractivity contribution is 7.12. The molecule has 1 atom stereocenters. The third-order valence-corrected chi connectivity index (χ3v) is 5.63. The molecule has 2 amide bonds. The molecule has 4 nitrogen and oxygen atoms in total. The van der Waals surface area contributed by atoms with Gasteiger partial charge in [0.1, 0.15) is 0 Å². The van der Waals surface area contributed by atoms with Crippen LogP contribution in [0.25, 0.3) is 0 Å². The molecule has 1 aromatic rings. The van der Waals surface area contributed by atoms with Crippen LogP contribution in [-0.2, 0) is 5.41 Å². The van der Waals surface area contributed by atoms with E-state index in [1.165, 1.54) is 17.7 Å². The average molecular weight is 310 g/mol. The summed E-state index contributed by atoms with van der Waals surface area (Å²) in [6.45, 7) is 6.38. The van der Waals surface area contributed by atoms with E-state index < -0.39 is 6.10 Å². The Morgan fingerprint density at radius 2 is 2.00 bits per heavy atom. The molecule has 1 unspecified atom stereocenters. The number of thiophene rings is 1. The van der Waals surface area contributed by atoms with Gasteiger partial charge in [0.2, 0.25) is 0 Å². The quantitative estimate of drug-likeness (QED) is 0.781. The van der Waals surface area contributed by atoms with Crippen LogP contribution in [0.15, 0.2) is 12.1 Å². The maximum atomic E-state index is 11.8. The van der Waals surface area contributed by atoms with Crippen LogP contribution in [0.4, 0.5) is 4.79 Å². The fourth-order valence-electron chi connectivity index (χ4n) is 2.99. The van der Waals surface area contributed by atoms with Crippen molar-refractivity contribution in [3.63, 3.8) is 0 Å². The van der Waals surface area contributed by atoms with E-state index in [1.54, 1.807) is 18.3 Å². The predicted molar refractivity (Wildman–Crippen MR) is 86.8 cm³/mol. The summed E-state index contributed by atoms with van der Waals surface area (Å²) in [4.78, 5) is 14.1. The first-order valence-corrected chi connectivity index (χ1v) is 8.57. The largest absolute Gasteiger partial charge is 0.388 e. The van der Waals surface area contributed by atoms with E-state index in [4.69, 9.17) is 0 Å². The summed E-state index contributed by atoms with van der Waals surface area (Å²) in [6, 6.07) is 4.19. The molecule has 1 fully saturated rings. The van der Waals surface area contributed by atoms with E-state index in [2.05, 4.69) is 16.7 Å². The molecule has 0 aliphatic heterocycles. The summed E-state index contributed by atoms with van der Waals surface area (Å²) in [7, 11) is 0. The second kappa shape index (κ2) is 6.79. The van der Waals surface area contributed by atoms with Gasteiger partial charge < -0.3 is 15.7 Å². The first-order chi connectivity index (χ1) is 9.93. The molecule has 1 aliphatic rings. The van der Waals surface area contributed by atoms with Gasteiger partial charge in [-0.25, -0.2) is 4.79 Å². The number of hydrogen-bond donors (Lipinski definition) is 3. The lowest BCUT2D eigenvalue weighted by Gasteiger charge is -2.28. The van der Waals surface area contributed by atoms with E-state index in [9.17, 15) is 9.90 Å². The molecule has 0 saturated heterocycles. The second-order valence-corrected chi connectivity index (χ2v) is 7.46. The molecule has 1 heterocycles. The van der Waals surface area contributed by atoms with Crippen molar-refractivity contribution in [2.75, 3.05) is 6.54 Å². The number of amides is 2. The van der Waals surface area contributed by atoms with Gasteiger partial charge in [-0.2, -0.15) is 0 Å². The van der Waals surface area contributed by atoms with Gasteiger partial charge in [-0.1, -0.05) is 12.8 Å². The van der Waals surface area contributed by atoms with Crippen LogP contribution in [0.2, 0.25) is 0 Å². The lowest BCUT2D eigenvalue weighted by atomic mass is 9.84. The van der Waals surface area contributed by atoms with Crippen molar-refractivity contribution in [2.24, 2.45) is 0 Å². The molecule has 1 saturated carbocycles. The minimum Gasteiger partial charge on any atom is -0.388 e. The number of hydrogen-bond acceptors (Lipinski definition) is 3. The smallest absolute Gasteiger partial charge is 0.315 e. The van der Waals surface area contributed by atoms with Crippen molar-refractivity contribution in [2.45, 2.75) is 64.0 Å². The molecule has 5 heteroatoms. The SMILES string of the molecule is CC(C)NC(=O)NCC1(c2ccc(C(C)O)s2)CCCC1. The third-order valence-electron chi connectivity index (χ3n) is 4.13. The first-order valence-electron chi connectivity index (χ1n) is 7.75. The van der Waals surface area contributed by atoms with Gasteiger partial charge in [0, 0.05) is 27.8 Å². The monoisotopic (exact) mass is 310 g/mol. The molecule has 1 aromatic heterocycles. The van der Waals surface area contributed by atoms with Gasteiger partial charge in [0.15, 0.2) is 0 Å². The van der Waals surface area contributed by atoms with E-state index in [-0.39, 0.29) is 17.5 Å². The molecule has 3 N–H and O–H groups in total. The summed E-state index contributed by atoms with van der Waals surface area (Å²) in [5, 5.41) is 15.6. The Hall–Kier alpha value is -1.07. The summed E-state index contributed by atoms with van der Waals surface area (Å²) >= 11 is 1.68. The number of rotatable bonds is 5. The Morgan fingerprint density at radius 1 is 1.33 bits per heavy atom. The first kappa shape index (κ1) is 16.3. The van der Waals surface area contributed by atoms with Crippen molar-refractivity contribution in [1.29, 1.82) is 0 Å². The van der Waals surface area contributed by atoms with Crippen LogP contribution in [0, 0.1) is 0 Å². The maximum absolute atomic E-state index is 11.8. The van der Waals surface area contributed by atoms with Crippen LogP contribution in [0.3, 0.4) is 0 Å². The predicted octanol–water partition coefficient (Wildman–Crippen LogP) is 3.32. The van der Waals surface area contributed by atoms with E-state index >= 15 is 0 Å². The van der Waals surface area contributed by atoms with Crippen LogP contribution in [-0.4, -0.2) is 23.7 Å². The highest BCUT2D eigenvalue weighted by Crippen LogP contribution is 2.44. The molecule has 21 heavy (non-hydrogen) atoms. The normalized spacial score (nSPS) is 18.7. The number of carbonyl (C=O) groups excluding carboxylic acids is 1. The van der Waals surface area contributed by atoms with Crippen LogP contribution in [0.1, 0.15) is 62.3 Å². The standard InChI is InChI=1S/C16H26N2O2S/c1-11(2)18-15(20)17-10-16(8-4-5-9-16)14-7-6-13(21-14)12(3)19/h6-7,11-12,19H,4-5,8-10H2,1-3H3,(H2,17,18,20). The zero-order valence-corrected chi connectivity index (χ0v) is 13.9. The maximum Gasteiger partial charge on any atom is 0.315 e. The van der Waals surface area contributed by atoms with Crippen molar-refractivity contribution in [3.05, 3.63) is 21.9 Å². The van der Waals surface area contributed by atoms with E-state index in [0.717, 1.165) is 17.7 Å². The van der Waals surface area contributed by atoms with Gasteiger partial charge in [-0.15, -0.1) is 11.3 Å². The fourth-order valence-corrected chi connectivity index (χ4v) is 4.18. The lowest BCUT2D eigenvalue weighted by Crippen LogP contribution is -2.45. The van der Waals surface area contributed by atoms with Crippen LogP contribution < -0.4 is 10.6 Å². The molecular weight excluding hydrogens is 284 g/mol. The van der Waals surface area contributed by atoms with Crippen molar-refractivity contribution in [1.82, 2.24) is 10.6 Å². The minimum absolute atomic E-state index is 0.0477. The zero-order chi connectivity index (χ0) is 15.5. The molecule has 0 bridgehead atoms. The van der Waals surface area contributed by atoms with Gasteiger partial charge in [0.25, 0.3) is 0 Å². The van der Waals surface area contributed by atoms with Crippen LogP contribution >= 0.6 is 11.3 Å². The Bertz CT molecular complexity index is 476. The Balaban J connectivity index is 2.07. The lowest BCUT2D eigenvalue weighted by molar-refractivity contribution is 0.203. The fraction of sp³-hybridized carbons (Fsp3) is 0.688. The van der Waals surface area contributed by atoms with Crippen molar-refractivity contribution < 1.29 is 9.90 Å². The average Bonchev–Trinajstić information content (AvgIpc) is 3.05. The number of nitrogens with one attached hydrogen (secondary N) is 2. The summed E-state index contributed by atoms with van der Waals surface area (Å²) < 4.78 is 0. The minimum atomic E-state index is -0.417. The third kappa shape index (κ3) is 3.98. The molecular formula is C16H26N2O2S. The number of aliphatic hydroxyl groups excluding tert-OH is 1. The molecule has 2 rings (SSSR count). The molecule has 0 radical (unpaired) electrons. The van der Waals surface area contributed by atoms with Crippen molar-refractivity contribution in [3.8, 4) is 0 Å². The van der Waals surface area contributed by atoms with E-state index in [1.807, 2.05) is 19.9 Å². The zero-order valence-electron chi connectivity index (χ0n) is 13.1. The summed E-state index contributed by atoms with van der Waals surface area (Å²) in [6.07, 6.45) is 4.20. The summed E-state index contributed by atoms with van der Waals surface area (Å²) in [5.41, 5.74) is 0.0477. The molecule has 0 aromatic carbocycles.